The van der Waals surface area contributed by atoms with Crippen molar-refractivity contribution in [2.24, 2.45) is 0 Å². The van der Waals surface area contributed by atoms with Gasteiger partial charge in [0.2, 0.25) is 0 Å². The number of nitrogens with one attached hydrogen (secondary N) is 1. The first kappa shape index (κ1) is 14.1. The van der Waals surface area contributed by atoms with Gasteiger partial charge in [-0.2, -0.15) is 0 Å². The Morgan fingerprint density at radius 2 is 2.00 bits per heavy atom. The molecule has 0 unspecified atom stereocenters. The molecule has 1 aromatic carbocycles. The van der Waals surface area contributed by atoms with E-state index >= 15 is 0 Å². The van der Waals surface area contributed by atoms with Crippen LogP contribution in [0.15, 0.2) is 18.2 Å². The van der Waals surface area contributed by atoms with Crippen molar-refractivity contribution in [1.29, 1.82) is 0 Å². The van der Waals surface area contributed by atoms with Gasteiger partial charge in [-0.25, -0.2) is 8.78 Å². The van der Waals surface area contributed by atoms with Crippen molar-refractivity contribution in [3.63, 3.8) is 0 Å². The number of halogens is 2. The van der Waals surface area contributed by atoms with Gasteiger partial charge in [-0.3, -0.25) is 4.90 Å². The standard InChI is InChI=1S/C13H20F2N2/c1-3-7-17(8-6-16-2)10-11-4-5-12(14)9-13(11)15/h4-5,9,16H,3,6-8,10H2,1-2H3. The molecule has 0 aliphatic rings. The fourth-order valence-electron chi connectivity index (χ4n) is 1.75. The Hall–Kier alpha value is -1.00. The maximum Gasteiger partial charge on any atom is 0.130 e. The lowest BCUT2D eigenvalue weighted by atomic mass is 10.2. The lowest BCUT2D eigenvalue weighted by molar-refractivity contribution is 0.264. The first-order valence-corrected chi connectivity index (χ1v) is 5.98. The molecule has 0 saturated heterocycles. The smallest absolute Gasteiger partial charge is 0.130 e. The first-order chi connectivity index (χ1) is 8.17. The molecule has 0 bridgehead atoms. The Morgan fingerprint density at radius 1 is 1.24 bits per heavy atom. The van der Waals surface area contributed by atoms with Gasteiger partial charge in [0.1, 0.15) is 11.6 Å². The largest absolute Gasteiger partial charge is 0.318 e. The van der Waals surface area contributed by atoms with E-state index in [0.717, 1.165) is 32.1 Å². The molecule has 0 atom stereocenters. The molecular formula is C13H20F2N2. The van der Waals surface area contributed by atoms with Gasteiger partial charge >= 0.3 is 0 Å². The Labute approximate surface area is 102 Å². The molecule has 1 aromatic rings. The third kappa shape index (κ3) is 4.79. The Balaban J connectivity index is 2.64. The van der Waals surface area contributed by atoms with Crippen LogP contribution in [0.2, 0.25) is 0 Å². The van der Waals surface area contributed by atoms with Crippen LogP contribution in [0.3, 0.4) is 0 Å². The fraction of sp³-hybridized carbons (Fsp3) is 0.538. The van der Waals surface area contributed by atoms with E-state index in [4.69, 9.17) is 0 Å². The van der Waals surface area contributed by atoms with E-state index in [1.54, 1.807) is 0 Å². The molecule has 96 valence electrons. The van der Waals surface area contributed by atoms with Gasteiger partial charge in [0.05, 0.1) is 0 Å². The average molecular weight is 242 g/mol. The van der Waals surface area contributed by atoms with Crippen LogP contribution >= 0.6 is 0 Å². The molecule has 1 rings (SSSR count). The second-order valence-electron chi connectivity index (χ2n) is 4.12. The maximum absolute atomic E-state index is 13.5. The van der Waals surface area contributed by atoms with Crippen LogP contribution in [0.4, 0.5) is 8.78 Å². The van der Waals surface area contributed by atoms with Crippen molar-refractivity contribution < 1.29 is 8.78 Å². The predicted molar refractivity (Wildman–Crippen MR) is 65.9 cm³/mol. The number of rotatable bonds is 7. The van der Waals surface area contributed by atoms with Gasteiger partial charge in [-0.1, -0.05) is 13.0 Å². The van der Waals surface area contributed by atoms with Crippen molar-refractivity contribution >= 4 is 0 Å². The van der Waals surface area contributed by atoms with Crippen LogP contribution in [0.5, 0.6) is 0 Å². The molecule has 0 aromatic heterocycles. The summed E-state index contributed by atoms with van der Waals surface area (Å²) in [5.74, 6) is -0.987. The third-order valence-electron chi connectivity index (χ3n) is 2.63. The summed E-state index contributed by atoms with van der Waals surface area (Å²) in [5.41, 5.74) is 0.552. The van der Waals surface area contributed by atoms with Crippen LogP contribution in [-0.4, -0.2) is 31.6 Å². The molecule has 0 fully saturated rings. The highest BCUT2D eigenvalue weighted by Crippen LogP contribution is 2.12. The highest BCUT2D eigenvalue weighted by molar-refractivity contribution is 5.18. The molecule has 4 heteroatoms. The second-order valence-corrected chi connectivity index (χ2v) is 4.12. The Morgan fingerprint density at radius 3 is 2.59 bits per heavy atom. The van der Waals surface area contributed by atoms with E-state index < -0.39 is 11.6 Å². The molecule has 0 radical (unpaired) electrons. The molecule has 0 aliphatic carbocycles. The van der Waals surface area contributed by atoms with E-state index in [0.29, 0.717) is 12.1 Å². The highest BCUT2D eigenvalue weighted by atomic mass is 19.1. The van der Waals surface area contributed by atoms with Crippen LogP contribution in [0.1, 0.15) is 18.9 Å². The van der Waals surface area contributed by atoms with Crippen molar-refractivity contribution in [2.45, 2.75) is 19.9 Å². The topological polar surface area (TPSA) is 15.3 Å². The summed E-state index contributed by atoms with van der Waals surface area (Å²) in [7, 11) is 1.89. The summed E-state index contributed by atoms with van der Waals surface area (Å²) in [6, 6.07) is 3.77. The first-order valence-electron chi connectivity index (χ1n) is 5.98. The number of nitrogens with zero attached hydrogens (tertiary/aromatic N) is 1. The van der Waals surface area contributed by atoms with Crippen LogP contribution in [-0.2, 0) is 6.54 Å². The lowest BCUT2D eigenvalue weighted by Crippen LogP contribution is -2.31. The number of hydrogen-bond donors (Lipinski definition) is 1. The normalized spacial score (nSPS) is 11.1. The van der Waals surface area contributed by atoms with Crippen molar-refractivity contribution in [3.05, 3.63) is 35.4 Å². The van der Waals surface area contributed by atoms with Gasteiger partial charge in [0.25, 0.3) is 0 Å². The Bertz CT molecular complexity index is 342. The van der Waals surface area contributed by atoms with Gasteiger partial charge < -0.3 is 5.32 Å². The lowest BCUT2D eigenvalue weighted by Gasteiger charge is -2.21. The molecule has 0 spiro atoms. The van der Waals surface area contributed by atoms with Crippen LogP contribution in [0.25, 0.3) is 0 Å². The third-order valence-corrected chi connectivity index (χ3v) is 2.63. The molecular weight excluding hydrogens is 222 g/mol. The molecule has 0 amide bonds. The minimum absolute atomic E-state index is 0.462. The van der Waals surface area contributed by atoms with Crippen molar-refractivity contribution in [3.8, 4) is 0 Å². The zero-order valence-electron chi connectivity index (χ0n) is 10.5. The van der Waals surface area contributed by atoms with Gasteiger partial charge in [0.15, 0.2) is 0 Å². The second kappa shape index (κ2) is 7.35. The zero-order valence-corrected chi connectivity index (χ0v) is 10.5. The molecule has 1 N–H and O–H groups in total. The van der Waals surface area contributed by atoms with E-state index in [2.05, 4.69) is 17.1 Å². The molecule has 2 nitrogen and oxygen atoms in total. The minimum Gasteiger partial charge on any atom is -0.318 e. The van der Waals surface area contributed by atoms with Gasteiger partial charge in [-0.05, 0) is 26.1 Å². The van der Waals surface area contributed by atoms with E-state index in [-0.39, 0.29) is 0 Å². The molecule has 0 aliphatic heterocycles. The predicted octanol–water partition coefficient (Wildman–Crippen LogP) is 2.40. The summed E-state index contributed by atoms with van der Waals surface area (Å²) in [6.45, 7) is 5.26. The quantitative estimate of drug-likeness (QED) is 0.790. The van der Waals surface area contributed by atoms with E-state index in [1.807, 2.05) is 7.05 Å². The average Bonchev–Trinajstić information content (AvgIpc) is 2.29. The Kier molecular flexibility index (Phi) is 6.08. The van der Waals surface area contributed by atoms with Crippen LogP contribution in [0, 0.1) is 11.6 Å². The molecule has 0 saturated carbocycles. The summed E-state index contributed by atoms with van der Waals surface area (Å²) >= 11 is 0. The van der Waals surface area contributed by atoms with E-state index in [9.17, 15) is 8.78 Å². The van der Waals surface area contributed by atoms with Crippen molar-refractivity contribution in [1.82, 2.24) is 10.2 Å². The number of hydrogen-bond acceptors (Lipinski definition) is 2. The summed E-state index contributed by atoms with van der Waals surface area (Å²) in [5, 5.41) is 3.07. The van der Waals surface area contributed by atoms with Gasteiger partial charge in [-0.15, -0.1) is 0 Å². The highest BCUT2D eigenvalue weighted by Gasteiger charge is 2.09. The fourth-order valence-corrected chi connectivity index (χ4v) is 1.75. The summed E-state index contributed by atoms with van der Waals surface area (Å²) in [4.78, 5) is 2.16. The monoisotopic (exact) mass is 242 g/mol. The summed E-state index contributed by atoms with van der Waals surface area (Å²) in [6.07, 6.45) is 1.02. The molecule has 17 heavy (non-hydrogen) atoms. The summed E-state index contributed by atoms with van der Waals surface area (Å²) < 4.78 is 26.3. The number of likely N-dealkylation sites (N-methyl/N-ethyl adjacent to an activating group) is 1. The van der Waals surface area contributed by atoms with E-state index in [1.165, 1.54) is 12.1 Å². The minimum atomic E-state index is -0.525. The van der Waals surface area contributed by atoms with Gasteiger partial charge in [0, 0.05) is 31.3 Å². The van der Waals surface area contributed by atoms with Crippen LogP contribution < -0.4 is 5.32 Å². The maximum atomic E-state index is 13.5. The van der Waals surface area contributed by atoms with Crippen molar-refractivity contribution in [2.75, 3.05) is 26.7 Å². The zero-order chi connectivity index (χ0) is 12.7. The number of benzene rings is 1. The SMILES string of the molecule is CCCN(CCNC)Cc1ccc(F)cc1F. The molecule has 0 heterocycles.